The first-order valence-corrected chi connectivity index (χ1v) is 11.5. The fourth-order valence-electron chi connectivity index (χ4n) is 3.51. The smallest absolute Gasteiger partial charge is 0.222 e. The number of nitrogens with zero attached hydrogens (tertiary/aromatic N) is 5. The molecule has 4 aromatic rings. The van der Waals surface area contributed by atoms with Crippen molar-refractivity contribution < 1.29 is 9.53 Å². The van der Waals surface area contributed by atoms with Crippen LogP contribution in [0.4, 0.5) is 0 Å². The van der Waals surface area contributed by atoms with Crippen LogP contribution in [-0.4, -0.2) is 30.7 Å². The first-order valence-electron chi connectivity index (χ1n) is 10.4. The Bertz CT molecular complexity index is 1290. The second kappa shape index (κ2) is 8.96. The number of ketones is 1. The lowest BCUT2D eigenvalue weighted by molar-refractivity contribution is 0.0982. The van der Waals surface area contributed by atoms with E-state index in [1.165, 1.54) is 19.0 Å². The highest BCUT2D eigenvalue weighted by molar-refractivity contribution is 9.10. The van der Waals surface area contributed by atoms with Gasteiger partial charge in [0.25, 0.3) is 0 Å². The van der Waals surface area contributed by atoms with E-state index < -0.39 is 0 Å². The number of pyridine rings is 2. The lowest BCUT2D eigenvalue weighted by Crippen LogP contribution is -2.03. The van der Waals surface area contributed by atoms with Crippen molar-refractivity contribution in [3.63, 3.8) is 0 Å². The van der Waals surface area contributed by atoms with Crippen LogP contribution < -0.4 is 4.74 Å². The first kappa shape index (κ1) is 21.0. The Kier molecular flexibility index (Phi) is 5.89. The Balaban J connectivity index is 1.37. The van der Waals surface area contributed by atoms with Gasteiger partial charge in [0.05, 0.1) is 15.0 Å². The molecular formula is C23H19BrClN5O2. The van der Waals surface area contributed by atoms with Gasteiger partial charge in [-0.25, -0.2) is 9.67 Å². The van der Waals surface area contributed by atoms with Crippen LogP contribution in [0.15, 0.2) is 53.4 Å². The summed E-state index contributed by atoms with van der Waals surface area (Å²) < 4.78 is 8.78. The molecule has 0 bridgehead atoms. The number of aryl methyl sites for hydroxylation is 1. The van der Waals surface area contributed by atoms with Gasteiger partial charge in [-0.3, -0.25) is 9.78 Å². The average Bonchev–Trinajstić information content (AvgIpc) is 3.54. The molecule has 0 amide bonds. The van der Waals surface area contributed by atoms with Gasteiger partial charge in [-0.1, -0.05) is 16.8 Å². The molecule has 5 rings (SSSR count). The molecule has 3 aromatic heterocycles. The summed E-state index contributed by atoms with van der Waals surface area (Å²) in [6.07, 6.45) is 7.97. The SMILES string of the molecule is O=C(CCc1cc(Cl)cnc1Oc1ccc2c(nnn2CC2CC2)c1Br)c1cccnc1. The third kappa shape index (κ3) is 4.52. The van der Waals surface area contributed by atoms with Crippen LogP contribution in [0.1, 0.15) is 35.2 Å². The number of Topliss-reactive ketones (excluding diaryl/α,β-unsaturated/α-hetero) is 1. The minimum absolute atomic E-state index is 0.00102. The molecule has 162 valence electrons. The Labute approximate surface area is 197 Å². The average molecular weight is 513 g/mol. The summed E-state index contributed by atoms with van der Waals surface area (Å²) in [5, 5.41) is 9.11. The number of hydrogen-bond acceptors (Lipinski definition) is 6. The summed E-state index contributed by atoms with van der Waals surface area (Å²) in [5.41, 5.74) is 3.03. The van der Waals surface area contributed by atoms with Gasteiger partial charge in [0.1, 0.15) is 11.3 Å². The van der Waals surface area contributed by atoms with E-state index in [2.05, 4.69) is 36.2 Å². The number of fused-ring (bicyclic) bond motifs is 1. The quantitative estimate of drug-likeness (QED) is 0.284. The van der Waals surface area contributed by atoms with Crippen LogP contribution in [0.5, 0.6) is 11.6 Å². The number of halogens is 2. The van der Waals surface area contributed by atoms with Gasteiger partial charge < -0.3 is 4.74 Å². The maximum absolute atomic E-state index is 12.5. The molecule has 1 aliphatic carbocycles. The Morgan fingerprint density at radius 1 is 1.25 bits per heavy atom. The standard InChI is InChI=1S/C23H19BrClN5O2/c24-21-20(8-6-18-22(21)28-29-30(18)13-14-3-4-14)32-23-15(10-17(25)12-27-23)5-7-19(31)16-2-1-9-26-11-16/h1-2,6,8-12,14H,3-5,7,13H2. The third-order valence-corrected chi connectivity index (χ3v) is 6.39. The van der Waals surface area contributed by atoms with E-state index in [9.17, 15) is 4.79 Å². The van der Waals surface area contributed by atoms with Crippen LogP contribution in [0.2, 0.25) is 5.02 Å². The molecule has 1 aromatic carbocycles. The fraction of sp³-hybridized carbons (Fsp3) is 0.261. The van der Waals surface area contributed by atoms with E-state index in [1.54, 1.807) is 30.6 Å². The minimum Gasteiger partial charge on any atom is -0.437 e. The number of carbonyl (C=O) groups is 1. The zero-order valence-electron chi connectivity index (χ0n) is 17.0. The molecule has 1 aliphatic rings. The summed E-state index contributed by atoms with van der Waals surface area (Å²) in [4.78, 5) is 20.9. The van der Waals surface area contributed by atoms with Crippen molar-refractivity contribution in [3.8, 4) is 11.6 Å². The fourth-order valence-corrected chi connectivity index (χ4v) is 4.18. The summed E-state index contributed by atoms with van der Waals surface area (Å²) in [6.45, 7) is 0.886. The molecule has 0 aliphatic heterocycles. The molecule has 0 radical (unpaired) electrons. The first-order chi connectivity index (χ1) is 15.6. The normalized spacial score (nSPS) is 13.4. The predicted molar refractivity (Wildman–Crippen MR) is 124 cm³/mol. The molecule has 9 heteroatoms. The highest BCUT2D eigenvalue weighted by Gasteiger charge is 2.24. The summed E-state index contributed by atoms with van der Waals surface area (Å²) >= 11 is 9.78. The largest absolute Gasteiger partial charge is 0.437 e. The van der Waals surface area contributed by atoms with Gasteiger partial charge in [0.2, 0.25) is 5.88 Å². The van der Waals surface area contributed by atoms with Crippen molar-refractivity contribution >= 4 is 44.3 Å². The summed E-state index contributed by atoms with van der Waals surface area (Å²) in [6, 6.07) is 9.11. The van der Waals surface area contributed by atoms with Crippen molar-refractivity contribution in [1.29, 1.82) is 0 Å². The molecule has 3 heterocycles. The highest BCUT2D eigenvalue weighted by Crippen LogP contribution is 2.37. The van der Waals surface area contributed by atoms with Crippen LogP contribution in [0.3, 0.4) is 0 Å². The van der Waals surface area contributed by atoms with Crippen molar-refractivity contribution in [1.82, 2.24) is 25.0 Å². The highest BCUT2D eigenvalue weighted by atomic mass is 79.9. The van der Waals surface area contributed by atoms with E-state index in [-0.39, 0.29) is 5.78 Å². The topological polar surface area (TPSA) is 82.8 Å². The predicted octanol–water partition coefficient (Wildman–Crippen LogP) is 5.66. The summed E-state index contributed by atoms with van der Waals surface area (Å²) in [7, 11) is 0. The molecule has 7 nitrogen and oxygen atoms in total. The number of rotatable bonds is 8. The zero-order chi connectivity index (χ0) is 22.1. The van der Waals surface area contributed by atoms with Crippen molar-refractivity contribution in [3.05, 3.63) is 69.5 Å². The molecule has 0 N–H and O–H groups in total. The second-order valence-electron chi connectivity index (χ2n) is 7.85. The zero-order valence-corrected chi connectivity index (χ0v) is 19.4. The number of hydrogen-bond donors (Lipinski definition) is 0. The summed E-state index contributed by atoms with van der Waals surface area (Å²) in [5.74, 6) is 1.67. The van der Waals surface area contributed by atoms with E-state index >= 15 is 0 Å². The Morgan fingerprint density at radius 2 is 2.12 bits per heavy atom. The van der Waals surface area contributed by atoms with Gasteiger partial charge in [-0.15, -0.1) is 5.10 Å². The molecule has 1 saturated carbocycles. The Hall–Kier alpha value is -2.84. The van der Waals surface area contributed by atoms with E-state index in [0.717, 1.165) is 23.1 Å². The van der Waals surface area contributed by atoms with Crippen LogP contribution in [0, 0.1) is 5.92 Å². The van der Waals surface area contributed by atoms with Crippen molar-refractivity contribution in [2.45, 2.75) is 32.2 Å². The second-order valence-corrected chi connectivity index (χ2v) is 9.07. The van der Waals surface area contributed by atoms with Crippen LogP contribution in [-0.2, 0) is 13.0 Å². The molecule has 0 spiro atoms. The third-order valence-electron chi connectivity index (χ3n) is 5.42. The van der Waals surface area contributed by atoms with Gasteiger partial charge in [-0.05, 0) is 71.4 Å². The molecule has 0 atom stereocenters. The monoisotopic (exact) mass is 511 g/mol. The Morgan fingerprint density at radius 3 is 2.91 bits per heavy atom. The van der Waals surface area contributed by atoms with Gasteiger partial charge >= 0.3 is 0 Å². The minimum atomic E-state index is -0.00102. The van der Waals surface area contributed by atoms with Crippen molar-refractivity contribution in [2.24, 2.45) is 5.92 Å². The van der Waals surface area contributed by atoms with E-state index in [0.29, 0.717) is 45.4 Å². The molecule has 32 heavy (non-hydrogen) atoms. The van der Waals surface area contributed by atoms with Gasteiger partial charge in [0, 0.05) is 42.7 Å². The number of benzene rings is 1. The molecule has 0 unspecified atom stereocenters. The van der Waals surface area contributed by atoms with Crippen molar-refractivity contribution in [2.75, 3.05) is 0 Å². The number of aromatic nitrogens is 5. The number of ether oxygens (including phenoxy) is 1. The van der Waals surface area contributed by atoms with E-state index in [1.807, 2.05) is 16.8 Å². The number of carbonyl (C=O) groups excluding carboxylic acids is 1. The molecule has 0 saturated heterocycles. The van der Waals surface area contributed by atoms with Crippen LogP contribution in [0.25, 0.3) is 11.0 Å². The molecule has 1 fully saturated rings. The van der Waals surface area contributed by atoms with Crippen LogP contribution >= 0.6 is 27.5 Å². The van der Waals surface area contributed by atoms with Gasteiger partial charge in [0.15, 0.2) is 5.78 Å². The lowest BCUT2D eigenvalue weighted by atomic mass is 10.0. The van der Waals surface area contributed by atoms with Gasteiger partial charge in [-0.2, -0.15) is 0 Å². The lowest BCUT2D eigenvalue weighted by Gasteiger charge is -2.12. The molecular weight excluding hydrogens is 494 g/mol. The maximum Gasteiger partial charge on any atom is 0.222 e. The van der Waals surface area contributed by atoms with E-state index in [4.69, 9.17) is 16.3 Å². The maximum atomic E-state index is 12.5.